The van der Waals surface area contributed by atoms with Gasteiger partial charge in [-0.25, -0.2) is 13.6 Å². The van der Waals surface area contributed by atoms with Crippen molar-refractivity contribution in [3.8, 4) is 0 Å². The van der Waals surface area contributed by atoms with Gasteiger partial charge in [0.25, 0.3) is 0 Å². The summed E-state index contributed by atoms with van der Waals surface area (Å²) in [5, 5.41) is 5.68. The second-order valence-corrected chi connectivity index (χ2v) is 6.07. The van der Waals surface area contributed by atoms with Gasteiger partial charge in [0.05, 0.1) is 0 Å². The van der Waals surface area contributed by atoms with Crippen LogP contribution in [-0.4, -0.2) is 24.3 Å². The quantitative estimate of drug-likeness (QED) is 0.846. The van der Waals surface area contributed by atoms with E-state index in [4.69, 9.17) is 4.74 Å². The lowest BCUT2D eigenvalue weighted by molar-refractivity contribution is 0.0522. The van der Waals surface area contributed by atoms with Crippen LogP contribution in [0.1, 0.15) is 39.7 Å². The van der Waals surface area contributed by atoms with Crippen molar-refractivity contribution in [2.24, 2.45) is 0 Å². The SMILES string of the molecule is CCC(CNC(=O)OC(C)(C)C)NCc1c(F)cccc1F. The molecule has 0 aliphatic carbocycles. The summed E-state index contributed by atoms with van der Waals surface area (Å²) in [5.41, 5.74) is -0.562. The van der Waals surface area contributed by atoms with E-state index in [-0.39, 0.29) is 18.2 Å². The number of halogens is 2. The Morgan fingerprint density at radius 3 is 2.36 bits per heavy atom. The van der Waals surface area contributed by atoms with E-state index in [1.165, 1.54) is 18.2 Å². The van der Waals surface area contributed by atoms with Crippen LogP contribution in [0.5, 0.6) is 0 Å². The molecule has 0 saturated carbocycles. The lowest BCUT2D eigenvalue weighted by atomic mass is 10.1. The maximum Gasteiger partial charge on any atom is 0.407 e. The van der Waals surface area contributed by atoms with Crippen LogP contribution < -0.4 is 10.6 Å². The summed E-state index contributed by atoms with van der Waals surface area (Å²) in [7, 11) is 0. The van der Waals surface area contributed by atoms with E-state index < -0.39 is 23.3 Å². The first-order valence-electron chi connectivity index (χ1n) is 7.36. The molecule has 1 rings (SSSR count). The molecule has 6 heteroatoms. The normalized spacial score (nSPS) is 12.8. The Balaban J connectivity index is 2.47. The smallest absolute Gasteiger partial charge is 0.407 e. The lowest BCUT2D eigenvalue weighted by Gasteiger charge is -2.22. The molecule has 0 aliphatic heterocycles. The minimum absolute atomic E-state index is 0.00165. The molecule has 4 nitrogen and oxygen atoms in total. The molecular formula is C16H24F2N2O2. The second-order valence-electron chi connectivity index (χ2n) is 6.07. The fraction of sp³-hybridized carbons (Fsp3) is 0.562. The van der Waals surface area contributed by atoms with Crippen molar-refractivity contribution in [3.05, 3.63) is 35.4 Å². The van der Waals surface area contributed by atoms with Crippen LogP contribution >= 0.6 is 0 Å². The van der Waals surface area contributed by atoms with Crippen molar-refractivity contribution in [1.29, 1.82) is 0 Å². The van der Waals surface area contributed by atoms with E-state index in [1.54, 1.807) is 20.8 Å². The summed E-state index contributed by atoms with van der Waals surface area (Å²) in [6.07, 6.45) is 0.191. The largest absolute Gasteiger partial charge is 0.444 e. The summed E-state index contributed by atoms with van der Waals surface area (Å²) in [6, 6.07) is 3.67. The Labute approximate surface area is 130 Å². The van der Waals surface area contributed by atoms with E-state index in [1.807, 2.05) is 6.92 Å². The van der Waals surface area contributed by atoms with Gasteiger partial charge in [0.15, 0.2) is 0 Å². The van der Waals surface area contributed by atoms with Crippen molar-refractivity contribution in [2.45, 2.75) is 52.3 Å². The molecule has 22 heavy (non-hydrogen) atoms. The third-order valence-electron chi connectivity index (χ3n) is 3.01. The van der Waals surface area contributed by atoms with Crippen LogP contribution in [-0.2, 0) is 11.3 Å². The number of carbonyl (C=O) groups is 1. The minimum atomic E-state index is -0.581. The molecule has 2 N–H and O–H groups in total. The molecule has 0 aliphatic rings. The van der Waals surface area contributed by atoms with E-state index in [0.29, 0.717) is 13.0 Å². The molecule has 1 atom stereocenters. The number of benzene rings is 1. The second kappa shape index (κ2) is 8.08. The van der Waals surface area contributed by atoms with Gasteiger partial charge in [-0.15, -0.1) is 0 Å². The van der Waals surface area contributed by atoms with Gasteiger partial charge in [-0.2, -0.15) is 0 Å². The molecule has 124 valence electrons. The first-order valence-corrected chi connectivity index (χ1v) is 7.36. The highest BCUT2D eigenvalue weighted by molar-refractivity contribution is 5.67. The fourth-order valence-corrected chi connectivity index (χ4v) is 1.83. The molecule has 0 saturated heterocycles. The van der Waals surface area contributed by atoms with Gasteiger partial charge >= 0.3 is 6.09 Å². The Morgan fingerprint density at radius 2 is 1.86 bits per heavy atom. The molecule has 1 unspecified atom stereocenters. The molecule has 1 aromatic rings. The van der Waals surface area contributed by atoms with Crippen molar-refractivity contribution in [2.75, 3.05) is 6.54 Å². The summed E-state index contributed by atoms with van der Waals surface area (Å²) in [5.74, 6) is -1.16. The zero-order valence-corrected chi connectivity index (χ0v) is 13.5. The van der Waals surface area contributed by atoms with E-state index >= 15 is 0 Å². The van der Waals surface area contributed by atoms with Crippen molar-refractivity contribution in [3.63, 3.8) is 0 Å². The highest BCUT2D eigenvalue weighted by atomic mass is 19.1. The van der Waals surface area contributed by atoms with Crippen molar-refractivity contribution < 1.29 is 18.3 Å². The zero-order chi connectivity index (χ0) is 16.8. The molecule has 0 radical (unpaired) electrons. The van der Waals surface area contributed by atoms with Crippen LogP contribution in [0.4, 0.5) is 13.6 Å². The van der Waals surface area contributed by atoms with E-state index in [0.717, 1.165) is 0 Å². The van der Waals surface area contributed by atoms with Gasteiger partial charge < -0.3 is 15.4 Å². The van der Waals surface area contributed by atoms with Gasteiger partial charge in [-0.3, -0.25) is 0 Å². The predicted molar refractivity (Wildman–Crippen MR) is 81.5 cm³/mol. The third-order valence-corrected chi connectivity index (χ3v) is 3.01. The average molecular weight is 314 g/mol. The number of ether oxygens (including phenoxy) is 1. The molecule has 0 spiro atoms. The molecule has 0 aromatic heterocycles. The molecule has 0 heterocycles. The zero-order valence-electron chi connectivity index (χ0n) is 13.5. The summed E-state index contributed by atoms with van der Waals surface area (Å²) in [4.78, 5) is 11.6. The first kappa shape index (κ1) is 18.4. The summed E-state index contributed by atoms with van der Waals surface area (Å²) < 4.78 is 32.2. The van der Waals surface area contributed by atoms with Crippen LogP contribution in [0.2, 0.25) is 0 Å². The highest BCUT2D eigenvalue weighted by Crippen LogP contribution is 2.12. The van der Waals surface area contributed by atoms with Gasteiger partial charge in [0.2, 0.25) is 0 Å². The van der Waals surface area contributed by atoms with Crippen LogP contribution in [0.3, 0.4) is 0 Å². The summed E-state index contributed by atoms with van der Waals surface area (Å²) >= 11 is 0. The average Bonchev–Trinajstić information content (AvgIpc) is 2.39. The van der Waals surface area contributed by atoms with Gasteiger partial charge in [-0.1, -0.05) is 13.0 Å². The van der Waals surface area contributed by atoms with Crippen molar-refractivity contribution >= 4 is 6.09 Å². The lowest BCUT2D eigenvalue weighted by Crippen LogP contribution is -2.42. The van der Waals surface area contributed by atoms with Gasteiger partial charge in [-0.05, 0) is 39.3 Å². The number of nitrogens with one attached hydrogen (secondary N) is 2. The Bertz CT molecular complexity index is 481. The molecule has 0 bridgehead atoms. The topological polar surface area (TPSA) is 50.4 Å². The van der Waals surface area contributed by atoms with Crippen molar-refractivity contribution in [1.82, 2.24) is 10.6 Å². The molecule has 1 amide bonds. The van der Waals surface area contributed by atoms with Gasteiger partial charge in [0, 0.05) is 24.7 Å². The van der Waals surface area contributed by atoms with E-state index in [9.17, 15) is 13.6 Å². The number of alkyl carbamates (subject to hydrolysis) is 1. The predicted octanol–water partition coefficient (Wildman–Crippen LogP) is 3.36. The Morgan fingerprint density at radius 1 is 1.27 bits per heavy atom. The fourth-order valence-electron chi connectivity index (χ4n) is 1.83. The van der Waals surface area contributed by atoms with Crippen LogP contribution in [0, 0.1) is 11.6 Å². The number of hydrogen-bond donors (Lipinski definition) is 2. The highest BCUT2D eigenvalue weighted by Gasteiger charge is 2.17. The minimum Gasteiger partial charge on any atom is -0.444 e. The summed E-state index contributed by atoms with van der Waals surface area (Å²) in [6.45, 7) is 7.65. The first-order chi connectivity index (χ1) is 10.2. The standard InChI is InChI=1S/C16H24F2N2O2/c1-5-11(9-20-15(21)22-16(2,3)4)19-10-12-13(17)7-6-8-14(12)18/h6-8,11,19H,5,9-10H2,1-4H3,(H,20,21). The number of amides is 1. The maximum absolute atomic E-state index is 13.5. The van der Waals surface area contributed by atoms with Crippen LogP contribution in [0.25, 0.3) is 0 Å². The number of hydrogen-bond acceptors (Lipinski definition) is 3. The number of rotatable bonds is 6. The van der Waals surface area contributed by atoms with Crippen LogP contribution in [0.15, 0.2) is 18.2 Å². The monoisotopic (exact) mass is 314 g/mol. The third kappa shape index (κ3) is 6.39. The molecule has 1 aromatic carbocycles. The number of carbonyl (C=O) groups excluding carboxylic acids is 1. The van der Waals surface area contributed by atoms with E-state index in [2.05, 4.69) is 10.6 Å². The Kier molecular flexibility index (Phi) is 6.74. The molecular weight excluding hydrogens is 290 g/mol. The maximum atomic E-state index is 13.5. The van der Waals surface area contributed by atoms with Gasteiger partial charge in [0.1, 0.15) is 17.2 Å². The Hall–Kier alpha value is -1.69. The molecule has 0 fully saturated rings.